The highest BCUT2D eigenvalue weighted by Gasteiger charge is 2.20. The minimum absolute atomic E-state index is 0.0447. The molecule has 20 heavy (non-hydrogen) atoms. The number of hydrogen-bond acceptors (Lipinski definition) is 4. The number of hydrogen-bond donors (Lipinski definition) is 2. The maximum atomic E-state index is 12.4. The molecule has 0 aromatic heterocycles. The van der Waals surface area contributed by atoms with Crippen LogP contribution in [-0.2, 0) is 6.54 Å². The van der Waals surface area contributed by atoms with Gasteiger partial charge in [0.15, 0.2) is 17.5 Å². The molecule has 0 unspecified atom stereocenters. The van der Waals surface area contributed by atoms with Crippen molar-refractivity contribution in [3.63, 3.8) is 0 Å². The van der Waals surface area contributed by atoms with E-state index >= 15 is 0 Å². The fraction of sp³-hybridized carbons (Fsp3) is 0.417. The summed E-state index contributed by atoms with van der Waals surface area (Å²) in [5.41, 5.74) is 0.519. The Balaban J connectivity index is 2.20. The van der Waals surface area contributed by atoms with E-state index in [0.29, 0.717) is 23.0 Å². The second-order valence-electron chi connectivity index (χ2n) is 3.87. The minimum atomic E-state index is -2.90. The van der Waals surface area contributed by atoms with Crippen molar-refractivity contribution in [3.8, 4) is 17.2 Å². The lowest BCUT2D eigenvalue weighted by molar-refractivity contribution is -0.0505. The fourth-order valence-corrected chi connectivity index (χ4v) is 1.77. The zero-order chi connectivity index (χ0) is 14.5. The number of alkyl halides is 2. The zero-order valence-corrected chi connectivity index (χ0v) is 11.1. The predicted molar refractivity (Wildman–Crippen MR) is 68.5 cm³/mol. The van der Waals surface area contributed by atoms with E-state index in [1.807, 2.05) is 0 Å². The summed E-state index contributed by atoms with van der Waals surface area (Å²) in [5, 5.41) is 5.79. The van der Waals surface area contributed by atoms with Crippen LogP contribution in [0, 0.1) is 0 Å². The van der Waals surface area contributed by atoms with E-state index in [4.69, 9.17) is 9.47 Å². The predicted octanol–water partition coefficient (Wildman–Crippen LogP) is 1.31. The van der Waals surface area contributed by atoms with E-state index in [0.717, 1.165) is 0 Å². The number of guanidine groups is 1. The largest absolute Gasteiger partial charge is 0.454 e. The van der Waals surface area contributed by atoms with Gasteiger partial charge >= 0.3 is 6.61 Å². The molecule has 1 aliphatic rings. The van der Waals surface area contributed by atoms with E-state index < -0.39 is 6.61 Å². The van der Waals surface area contributed by atoms with E-state index in [-0.39, 0.29) is 19.1 Å². The van der Waals surface area contributed by atoms with Crippen LogP contribution in [0.25, 0.3) is 0 Å². The number of aliphatic imine (C=N–C) groups is 1. The smallest absolute Gasteiger partial charge is 0.387 e. The van der Waals surface area contributed by atoms with E-state index in [9.17, 15) is 8.78 Å². The van der Waals surface area contributed by atoms with Crippen LogP contribution in [0.15, 0.2) is 17.1 Å². The molecule has 1 heterocycles. The third-order valence-electron chi connectivity index (χ3n) is 2.68. The van der Waals surface area contributed by atoms with Crippen molar-refractivity contribution in [2.45, 2.75) is 13.2 Å². The Kier molecular flexibility index (Phi) is 4.44. The quantitative estimate of drug-likeness (QED) is 0.646. The Hall–Kier alpha value is -2.25. The Bertz CT molecular complexity index is 509. The summed E-state index contributed by atoms with van der Waals surface area (Å²) in [4.78, 5) is 3.93. The summed E-state index contributed by atoms with van der Waals surface area (Å²) in [6, 6.07) is 3.00. The van der Waals surface area contributed by atoms with Crippen LogP contribution >= 0.6 is 0 Å². The van der Waals surface area contributed by atoms with Crippen LogP contribution in [-0.4, -0.2) is 33.5 Å². The Morgan fingerprint density at radius 2 is 2.10 bits per heavy atom. The summed E-state index contributed by atoms with van der Waals surface area (Å²) in [6.45, 7) is -2.58. The van der Waals surface area contributed by atoms with Gasteiger partial charge in [0, 0.05) is 32.3 Å². The van der Waals surface area contributed by atoms with Crippen molar-refractivity contribution >= 4 is 5.96 Å². The minimum Gasteiger partial charge on any atom is -0.454 e. The van der Waals surface area contributed by atoms with Gasteiger partial charge in [-0.05, 0) is 6.07 Å². The summed E-state index contributed by atoms with van der Waals surface area (Å²) >= 11 is 0. The molecule has 1 aromatic carbocycles. The lowest BCUT2D eigenvalue weighted by atomic mass is 10.1. The SMILES string of the molecule is CN=C(NC)NCc1cc2c(cc1OC(F)F)OCO2. The topological polar surface area (TPSA) is 64.1 Å². The summed E-state index contributed by atoms with van der Waals surface area (Å²) < 4.78 is 39.7. The molecular formula is C12H15F2N3O3. The number of benzene rings is 1. The molecule has 0 bridgehead atoms. The summed E-state index contributed by atoms with van der Waals surface area (Å²) in [5.74, 6) is 1.47. The molecule has 0 saturated heterocycles. The van der Waals surface area contributed by atoms with Gasteiger partial charge in [-0.25, -0.2) is 0 Å². The molecule has 6 nitrogen and oxygen atoms in total. The van der Waals surface area contributed by atoms with E-state index in [1.165, 1.54) is 6.07 Å². The molecule has 1 aliphatic heterocycles. The summed E-state index contributed by atoms with van der Waals surface area (Å²) in [6.07, 6.45) is 0. The van der Waals surface area contributed by atoms with Crippen molar-refractivity contribution in [3.05, 3.63) is 17.7 Å². The second kappa shape index (κ2) is 6.27. The standard InChI is InChI=1S/C12H15F2N3O3/c1-15-12(16-2)17-5-7-3-9-10(19-6-18-9)4-8(7)20-11(13)14/h3-4,11H,5-6H2,1-2H3,(H2,15,16,17). The molecule has 2 rings (SSSR count). The third kappa shape index (κ3) is 3.19. The van der Waals surface area contributed by atoms with Gasteiger partial charge < -0.3 is 24.8 Å². The Morgan fingerprint density at radius 1 is 1.40 bits per heavy atom. The van der Waals surface area contributed by atoms with Gasteiger partial charge in [-0.1, -0.05) is 0 Å². The first-order valence-electron chi connectivity index (χ1n) is 5.89. The maximum Gasteiger partial charge on any atom is 0.387 e. The molecule has 8 heteroatoms. The molecule has 0 fully saturated rings. The van der Waals surface area contributed by atoms with Crippen molar-refractivity contribution in [1.82, 2.24) is 10.6 Å². The van der Waals surface area contributed by atoms with Gasteiger partial charge in [0.25, 0.3) is 0 Å². The molecule has 0 atom stereocenters. The number of ether oxygens (including phenoxy) is 3. The van der Waals surface area contributed by atoms with Gasteiger partial charge in [0.2, 0.25) is 6.79 Å². The lowest BCUT2D eigenvalue weighted by Crippen LogP contribution is -2.34. The van der Waals surface area contributed by atoms with Gasteiger partial charge in [-0.3, -0.25) is 4.99 Å². The Labute approximate surface area is 114 Å². The van der Waals surface area contributed by atoms with Crippen molar-refractivity contribution in [2.75, 3.05) is 20.9 Å². The number of nitrogens with one attached hydrogen (secondary N) is 2. The van der Waals surface area contributed by atoms with Crippen molar-refractivity contribution in [2.24, 2.45) is 4.99 Å². The van der Waals surface area contributed by atoms with Crippen molar-refractivity contribution < 1.29 is 23.0 Å². The highest BCUT2D eigenvalue weighted by molar-refractivity contribution is 5.79. The third-order valence-corrected chi connectivity index (χ3v) is 2.68. The highest BCUT2D eigenvalue weighted by atomic mass is 19.3. The number of nitrogens with zero attached hydrogens (tertiary/aromatic N) is 1. The van der Waals surface area contributed by atoms with Gasteiger partial charge in [-0.15, -0.1) is 0 Å². The van der Waals surface area contributed by atoms with Crippen LogP contribution < -0.4 is 24.8 Å². The van der Waals surface area contributed by atoms with E-state index in [1.54, 1.807) is 20.2 Å². The van der Waals surface area contributed by atoms with Gasteiger partial charge in [0.05, 0.1) is 0 Å². The molecule has 0 amide bonds. The number of halogens is 2. The van der Waals surface area contributed by atoms with E-state index in [2.05, 4.69) is 20.4 Å². The summed E-state index contributed by atoms with van der Waals surface area (Å²) in [7, 11) is 3.31. The lowest BCUT2D eigenvalue weighted by Gasteiger charge is -2.14. The number of rotatable bonds is 4. The van der Waals surface area contributed by atoms with Crippen LogP contribution in [0.3, 0.4) is 0 Å². The number of fused-ring (bicyclic) bond motifs is 1. The fourth-order valence-electron chi connectivity index (χ4n) is 1.77. The molecule has 1 aromatic rings. The molecule has 110 valence electrons. The van der Waals surface area contributed by atoms with Crippen molar-refractivity contribution in [1.29, 1.82) is 0 Å². The monoisotopic (exact) mass is 287 g/mol. The van der Waals surface area contributed by atoms with Crippen LogP contribution in [0.4, 0.5) is 8.78 Å². The molecule has 0 aliphatic carbocycles. The average Bonchev–Trinajstić information content (AvgIpc) is 2.86. The second-order valence-corrected chi connectivity index (χ2v) is 3.87. The first-order chi connectivity index (χ1) is 9.63. The first-order valence-corrected chi connectivity index (χ1v) is 5.89. The Morgan fingerprint density at radius 3 is 2.70 bits per heavy atom. The molecule has 0 saturated carbocycles. The maximum absolute atomic E-state index is 12.4. The average molecular weight is 287 g/mol. The van der Waals surface area contributed by atoms with Crippen LogP contribution in [0.2, 0.25) is 0 Å². The normalized spacial score (nSPS) is 13.6. The van der Waals surface area contributed by atoms with Gasteiger partial charge in [-0.2, -0.15) is 8.78 Å². The van der Waals surface area contributed by atoms with Crippen LogP contribution in [0.1, 0.15) is 5.56 Å². The zero-order valence-electron chi connectivity index (χ0n) is 11.1. The molecule has 0 radical (unpaired) electrons. The highest BCUT2D eigenvalue weighted by Crippen LogP contribution is 2.38. The first kappa shape index (κ1) is 14.2. The van der Waals surface area contributed by atoms with Gasteiger partial charge in [0.1, 0.15) is 5.75 Å². The molecule has 0 spiro atoms. The van der Waals surface area contributed by atoms with Crippen LogP contribution in [0.5, 0.6) is 17.2 Å². The molecule has 2 N–H and O–H groups in total. The molecular weight excluding hydrogens is 272 g/mol.